The van der Waals surface area contributed by atoms with Crippen molar-refractivity contribution in [2.45, 2.75) is 128 Å². The van der Waals surface area contributed by atoms with Crippen molar-refractivity contribution in [3.05, 3.63) is 0 Å². The molecule has 0 saturated carbocycles. The van der Waals surface area contributed by atoms with Crippen molar-refractivity contribution in [1.82, 2.24) is 0 Å². The highest BCUT2D eigenvalue weighted by Gasteiger charge is 2.32. The average molecular weight is 341 g/mol. The van der Waals surface area contributed by atoms with Crippen molar-refractivity contribution in [1.29, 1.82) is 0 Å². The van der Waals surface area contributed by atoms with Crippen LogP contribution in [0.5, 0.6) is 0 Å². The third-order valence-corrected chi connectivity index (χ3v) is 9.33. The summed E-state index contributed by atoms with van der Waals surface area (Å²) in [5.74, 6) is 0. The van der Waals surface area contributed by atoms with Crippen molar-refractivity contribution < 1.29 is 4.43 Å². The SMILES string of the molecule is CCCCCCCCCCCCCCCCO[Si]1(C)CCCC1. The molecule has 0 unspecified atom stereocenters. The molecule has 1 aliphatic heterocycles. The summed E-state index contributed by atoms with van der Waals surface area (Å²) in [7, 11) is -1.19. The second-order valence-corrected chi connectivity index (χ2v) is 12.3. The second-order valence-electron chi connectivity index (χ2n) is 8.10. The normalized spacial score (nSPS) is 17.0. The molecular formula is C21H44OSi. The number of hydrogen-bond acceptors (Lipinski definition) is 1. The molecule has 0 bridgehead atoms. The van der Waals surface area contributed by atoms with Gasteiger partial charge in [-0.05, 0) is 25.1 Å². The van der Waals surface area contributed by atoms with Crippen LogP contribution in [0.15, 0.2) is 0 Å². The van der Waals surface area contributed by atoms with E-state index in [9.17, 15) is 0 Å². The largest absolute Gasteiger partial charge is 0.417 e. The molecule has 0 aliphatic carbocycles. The quantitative estimate of drug-likeness (QED) is 0.205. The van der Waals surface area contributed by atoms with Crippen LogP contribution in [0.4, 0.5) is 0 Å². The summed E-state index contributed by atoms with van der Waals surface area (Å²) in [5, 5.41) is 0. The predicted molar refractivity (Wildman–Crippen MR) is 107 cm³/mol. The maximum absolute atomic E-state index is 6.24. The maximum atomic E-state index is 6.24. The molecule has 0 aromatic carbocycles. The first kappa shape index (κ1) is 21.2. The Balaban J connectivity index is 1.70. The zero-order valence-corrected chi connectivity index (χ0v) is 17.3. The minimum absolute atomic E-state index is 1.06. The molecule has 1 rings (SSSR count). The molecule has 23 heavy (non-hydrogen) atoms. The maximum Gasteiger partial charge on any atom is 0.189 e. The topological polar surface area (TPSA) is 9.23 Å². The van der Waals surface area contributed by atoms with E-state index in [2.05, 4.69) is 13.5 Å². The van der Waals surface area contributed by atoms with Crippen LogP contribution in [-0.4, -0.2) is 14.9 Å². The van der Waals surface area contributed by atoms with E-state index in [1.165, 1.54) is 115 Å². The molecule has 0 aromatic heterocycles. The van der Waals surface area contributed by atoms with E-state index in [1.807, 2.05) is 0 Å². The summed E-state index contributed by atoms with van der Waals surface area (Å²) in [6, 6.07) is 2.84. The number of rotatable bonds is 16. The van der Waals surface area contributed by atoms with Crippen LogP contribution in [0.25, 0.3) is 0 Å². The molecule has 0 atom stereocenters. The third kappa shape index (κ3) is 12.2. The molecule has 0 radical (unpaired) electrons. The van der Waals surface area contributed by atoms with Crippen molar-refractivity contribution in [3.63, 3.8) is 0 Å². The van der Waals surface area contributed by atoms with Gasteiger partial charge in [0.05, 0.1) is 0 Å². The fourth-order valence-electron chi connectivity index (χ4n) is 3.88. The van der Waals surface area contributed by atoms with Gasteiger partial charge >= 0.3 is 0 Å². The molecule has 0 aromatic rings. The molecule has 0 N–H and O–H groups in total. The lowest BCUT2D eigenvalue weighted by molar-refractivity contribution is 0.293. The molecule has 1 nitrogen and oxygen atoms in total. The number of hydrogen-bond donors (Lipinski definition) is 0. The van der Waals surface area contributed by atoms with E-state index >= 15 is 0 Å². The van der Waals surface area contributed by atoms with Crippen LogP contribution in [0, 0.1) is 0 Å². The summed E-state index contributed by atoms with van der Waals surface area (Å²) < 4.78 is 6.24. The molecular weight excluding hydrogens is 296 g/mol. The van der Waals surface area contributed by atoms with Crippen LogP contribution >= 0.6 is 0 Å². The van der Waals surface area contributed by atoms with Crippen molar-refractivity contribution in [2.24, 2.45) is 0 Å². The summed E-state index contributed by atoms with van der Waals surface area (Å²) in [5.41, 5.74) is 0. The Hall–Kier alpha value is 0.177. The fourth-order valence-corrected chi connectivity index (χ4v) is 7.05. The van der Waals surface area contributed by atoms with E-state index in [0.717, 1.165) is 6.61 Å². The van der Waals surface area contributed by atoms with Gasteiger partial charge in [0.15, 0.2) is 8.32 Å². The van der Waals surface area contributed by atoms with Gasteiger partial charge in [-0.15, -0.1) is 0 Å². The third-order valence-electron chi connectivity index (χ3n) is 5.61. The zero-order valence-electron chi connectivity index (χ0n) is 16.3. The van der Waals surface area contributed by atoms with Crippen molar-refractivity contribution in [3.8, 4) is 0 Å². The smallest absolute Gasteiger partial charge is 0.189 e. The van der Waals surface area contributed by atoms with E-state index in [4.69, 9.17) is 4.43 Å². The fraction of sp³-hybridized carbons (Fsp3) is 1.00. The standard InChI is InChI=1S/C21H44OSi/c1-3-4-5-6-7-8-9-10-11-12-13-14-15-16-19-22-23(2)20-17-18-21-23/h3-21H2,1-2H3. The minimum Gasteiger partial charge on any atom is -0.417 e. The van der Waals surface area contributed by atoms with Crippen LogP contribution in [0.2, 0.25) is 18.6 Å². The van der Waals surface area contributed by atoms with Crippen molar-refractivity contribution in [2.75, 3.05) is 6.61 Å². The summed E-state index contributed by atoms with van der Waals surface area (Å²) in [6.07, 6.45) is 23.0. The van der Waals surface area contributed by atoms with Gasteiger partial charge in [-0.1, -0.05) is 103 Å². The Kier molecular flexibility index (Phi) is 13.4. The van der Waals surface area contributed by atoms with Gasteiger partial charge in [-0.25, -0.2) is 0 Å². The molecule has 1 saturated heterocycles. The molecule has 0 amide bonds. The molecule has 1 aliphatic rings. The average Bonchev–Trinajstić information content (AvgIpc) is 2.98. The van der Waals surface area contributed by atoms with E-state index in [-0.39, 0.29) is 0 Å². The molecule has 0 spiro atoms. The van der Waals surface area contributed by atoms with Crippen LogP contribution < -0.4 is 0 Å². The van der Waals surface area contributed by atoms with E-state index < -0.39 is 8.32 Å². The minimum atomic E-state index is -1.19. The monoisotopic (exact) mass is 340 g/mol. The Labute approximate surface area is 148 Å². The predicted octanol–water partition coefficient (Wildman–Crippen LogP) is 7.85. The zero-order chi connectivity index (χ0) is 16.6. The Morgan fingerprint density at radius 3 is 1.43 bits per heavy atom. The van der Waals surface area contributed by atoms with Gasteiger partial charge in [-0.3, -0.25) is 0 Å². The Bertz CT molecular complexity index is 248. The first-order chi connectivity index (χ1) is 11.3. The van der Waals surface area contributed by atoms with Gasteiger partial charge in [0, 0.05) is 6.61 Å². The van der Waals surface area contributed by atoms with Gasteiger partial charge in [0.2, 0.25) is 0 Å². The highest BCUT2D eigenvalue weighted by Crippen LogP contribution is 2.30. The summed E-state index contributed by atoms with van der Waals surface area (Å²) in [6.45, 7) is 5.80. The highest BCUT2D eigenvalue weighted by atomic mass is 28.4. The molecule has 1 heterocycles. The molecule has 1 fully saturated rings. The van der Waals surface area contributed by atoms with Gasteiger partial charge < -0.3 is 4.43 Å². The lowest BCUT2D eigenvalue weighted by Gasteiger charge is -2.21. The summed E-state index contributed by atoms with van der Waals surface area (Å²) >= 11 is 0. The lowest BCUT2D eigenvalue weighted by Crippen LogP contribution is -2.30. The van der Waals surface area contributed by atoms with Gasteiger partial charge in [0.25, 0.3) is 0 Å². The van der Waals surface area contributed by atoms with Crippen LogP contribution in [0.1, 0.15) is 110 Å². The first-order valence-corrected chi connectivity index (χ1v) is 13.7. The lowest BCUT2D eigenvalue weighted by atomic mass is 10.0. The van der Waals surface area contributed by atoms with Crippen molar-refractivity contribution >= 4 is 8.32 Å². The van der Waals surface area contributed by atoms with Crippen LogP contribution in [0.3, 0.4) is 0 Å². The van der Waals surface area contributed by atoms with Crippen LogP contribution in [-0.2, 0) is 4.43 Å². The van der Waals surface area contributed by atoms with E-state index in [1.54, 1.807) is 0 Å². The first-order valence-electron chi connectivity index (χ1n) is 10.9. The van der Waals surface area contributed by atoms with E-state index in [0.29, 0.717) is 0 Å². The Morgan fingerprint density at radius 2 is 1.00 bits per heavy atom. The highest BCUT2D eigenvalue weighted by molar-refractivity contribution is 6.73. The summed E-state index contributed by atoms with van der Waals surface area (Å²) in [4.78, 5) is 0. The van der Waals surface area contributed by atoms with Gasteiger partial charge in [0.1, 0.15) is 0 Å². The Morgan fingerprint density at radius 1 is 0.609 bits per heavy atom. The molecule has 138 valence electrons. The second kappa shape index (κ2) is 14.5. The van der Waals surface area contributed by atoms with Gasteiger partial charge in [-0.2, -0.15) is 0 Å². The number of unbranched alkanes of at least 4 members (excludes halogenated alkanes) is 13. The molecule has 2 heteroatoms.